The third-order valence-electron chi connectivity index (χ3n) is 10.1. The molecule has 0 atom stereocenters. The van der Waals surface area contributed by atoms with E-state index in [9.17, 15) is 49.1 Å². The summed E-state index contributed by atoms with van der Waals surface area (Å²) in [6, 6.07) is 7.27. The molecule has 6 heterocycles. The van der Waals surface area contributed by atoms with Crippen molar-refractivity contribution >= 4 is 66.6 Å². The summed E-state index contributed by atoms with van der Waals surface area (Å²) < 4.78 is 225. The van der Waals surface area contributed by atoms with Crippen LogP contribution in [-0.2, 0) is 12.8 Å². The van der Waals surface area contributed by atoms with Gasteiger partial charge in [0, 0.05) is 12.4 Å². The number of nitrogens with zero attached hydrogens (tertiary/aromatic N) is 5. The number of aryl methyl sites for hydroxylation is 2. The predicted octanol–water partition coefficient (Wildman–Crippen LogP) is 10.5. The Morgan fingerprint density at radius 3 is 1.09 bits per heavy atom. The average molecular weight is 1000 g/mol. The molecule has 67 heavy (non-hydrogen) atoms. The van der Waals surface area contributed by atoms with Gasteiger partial charge in [-0.2, -0.15) is 16.7 Å². The van der Waals surface area contributed by atoms with Crippen LogP contribution in [0.4, 0.5) is 65.9 Å². The molecule has 4 aromatic heterocycles. The second-order valence-corrected chi connectivity index (χ2v) is 13.8. The Balaban J connectivity index is 0.000000882. The fourth-order valence-corrected chi connectivity index (χ4v) is 7.20. The standard InChI is InChI=1S/C39H12F15N4O2.C5H5N.Ga/c40-23-20(24(41)30(47)35(52)29(23)46)17-11-1-3-13(55-11)18(21-25(42)31(48)36(53)32(49)26(21)43)38-9(7-59)5-15(57-38)16-6-10(8-60)39(58-16)19(14-4-2-12(17)56-14)22-27(44)33(50)37(54)34(51)28(22)45;1-2-4-6-5-3-1;/h1,3,5-8H,2,4H2,(H2-,55,56,57,58,59,60);1-5H;/q-1;;+3/p-2. The predicted molar refractivity (Wildman–Crippen MR) is 207 cm³/mol. The third kappa shape index (κ3) is 7.69. The number of hydrogen-bond donors (Lipinski definition) is 0. The van der Waals surface area contributed by atoms with Crippen molar-refractivity contribution in [2.24, 2.45) is 0 Å². The van der Waals surface area contributed by atoms with Gasteiger partial charge < -0.3 is 15.0 Å². The number of benzene rings is 3. The number of carbonyl (C=O) groups excluding carboxylic acids is 2. The van der Waals surface area contributed by atoms with Gasteiger partial charge in [0.05, 0.1) is 28.1 Å². The molecular formula is C44H15F15GaN5O2. The molecule has 0 unspecified atom stereocenters. The van der Waals surface area contributed by atoms with Crippen molar-refractivity contribution in [2.75, 3.05) is 0 Å². The van der Waals surface area contributed by atoms with Crippen LogP contribution in [0.3, 0.4) is 0 Å². The minimum atomic E-state index is -2.66. The number of rotatable bonds is 5. The van der Waals surface area contributed by atoms with Crippen LogP contribution in [0, 0.1) is 87.3 Å². The first-order valence-electron chi connectivity index (χ1n) is 18.3. The van der Waals surface area contributed by atoms with E-state index in [1.165, 1.54) is 0 Å². The Kier molecular flexibility index (Phi) is 12.9. The van der Waals surface area contributed by atoms with Crippen LogP contribution in [0.5, 0.6) is 0 Å². The molecule has 0 aliphatic carbocycles. The van der Waals surface area contributed by atoms with Crippen molar-refractivity contribution in [1.82, 2.24) is 24.9 Å². The van der Waals surface area contributed by atoms with Crippen LogP contribution in [0.15, 0.2) is 42.7 Å². The molecule has 0 spiro atoms. The van der Waals surface area contributed by atoms with Crippen molar-refractivity contribution in [3.63, 3.8) is 0 Å². The molecule has 7 nitrogen and oxygen atoms in total. The van der Waals surface area contributed by atoms with Crippen molar-refractivity contribution < 1.29 is 75.4 Å². The molecule has 2 aliphatic heterocycles. The second kappa shape index (κ2) is 18.2. The summed E-state index contributed by atoms with van der Waals surface area (Å²) in [5, 5.41) is 0. The quantitative estimate of drug-likeness (QED) is 0.0556. The molecule has 0 saturated heterocycles. The monoisotopic (exact) mass is 999 g/mol. The van der Waals surface area contributed by atoms with Gasteiger partial charge in [-0.3, -0.25) is 14.6 Å². The van der Waals surface area contributed by atoms with Crippen molar-refractivity contribution in [3.8, 4) is 33.4 Å². The molecule has 7 aromatic rings. The first kappa shape index (κ1) is 47.7. The summed E-state index contributed by atoms with van der Waals surface area (Å²) in [5.41, 5.74) is -16.8. The van der Waals surface area contributed by atoms with Crippen molar-refractivity contribution in [1.29, 1.82) is 0 Å². The van der Waals surface area contributed by atoms with E-state index in [1.54, 1.807) is 12.4 Å². The van der Waals surface area contributed by atoms with Crippen LogP contribution < -0.4 is 15.0 Å². The fraction of sp³-hybridized carbons (Fsp3) is 0.0455. The largest absolute Gasteiger partial charge is 3.00 e. The summed E-state index contributed by atoms with van der Waals surface area (Å²) >= 11 is 0. The normalized spacial score (nSPS) is 11.9. The van der Waals surface area contributed by atoms with E-state index in [0.717, 1.165) is 12.1 Å². The van der Waals surface area contributed by atoms with Crippen LogP contribution >= 0.6 is 0 Å². The Labute approximate surface area is 376 Å². The van der Waals surface area contributed by atoms with Gasteiger partial charge in [0.1, 0.15) is 12.6 Å². The Bertz CT molecular complexity index is 3330. The van der Waals surface area contributed by atoms with E-state index in [2.05, 4.69) is 24.9 Å². The maximum atomic E-state index is 15.7. The van der Waals surface area contributed by atoms with Crippen LogP contribution in [-0.4, -0.2) is 42.3 Å². The molecule has 0 radical (unpaired) electrons. The van der Waals surface area contributed by atoms with E-state index in [0.29, 0.717) is 12.2 Å². The maximum Gasteiger partial charge on any atom is 3.00 e. The van der Waals surface area contributed by atoms with E-state index in [4.69, 9.17) is 0 Å². The zero-order chi connectivity index (χ0) is 47.6. The minimum absolute atomic E-state index is 0. The van der Waals surface area contributed by atoms with E-state index in [-0.39, 0.29) is 32.4 Å². The van der Waals surface area contributed by atoms with Gasteiger partial charge in [-0.05, 0) is 64.9 Å². The van der Waals surface area contributed by atoms with Crippen LogP contribution in [0.25, 0.3) is 67.6 Å². The SMILES string of the molecule is O=Cc1cc2[n-]c1c(-c1c(F)c(F)c(F)c(F)c1F)c1nc(c(-c3c(F)c(F)c(F)c(F)c3F)c3[n-]c(c(-c4c(F)c(F)c(F)c(F)c4F)c4[n-]c2cc4C=O)CC3)C=C1.[Ga+3].c1ccncc1. The molecule has 9 rings (SSSR count). The Hall–Kier alpha value is -7.27. The topological polar surface area (TPSA) is 102 Å². The smallest absolute Gasteiger partial charge is 0.664 e. The number of fused-ring (bicyclic) bond motifs is 9. The summed E-state index contributed by atoms with van der Waals surface area (Å²) in [5.74, 6) is -38.3. The van der Waals surface area contributed by atoms with Gasteiger partial charge in [-0.15, -0.1) is 16.7 Å². The number of halogens is 15. The average Bonchev–Trinajstić information content (AvgIpc) is 4.17. The molecule has 2 aliphatic rings. The minimum Gasteiger partial charge on any atom is -0.664 e. The van der Waals surface area contributed by atoms with E-state index < -0.39 is 189 Å². The zero-order valence-corrected chi connectivity index (χ0v) is 35.0. The van der Waals surface area contributed by atoms with Gasteiger partial charge in [0.25, 0.3) is 0 Å². The maximum absolute atomic E-state index is 15.7. The molecule has 0 amide bonds. The summed E-state index contributed by atoms with van der Waals surface area (Å²) in [6.07, 6.45) is 3.31. The molecule has 0 saturated carbocycles. The van der Waals surface area contributed by atoms with Gasteiger partial charge in [-0.1, -0.05) is 18.2 Å². The summed E-state index contributed by atoms with van der Waals surface area (Å²) in [6.45, 7) is 0. The molecule has 3 aromatic carbocycles. The molecule has 0 fully saturated rings. The van der Waals surface area contributed by atoms with Crippen LogP contribution in [0.2, 0.25) is 0 Å². The van der Waals surface area contributed by atoms with Gasteiger partial charge in [-0.25, -0.2) is 70.8 Å². The zero-order valence-electron chi connectivity index (χ0n) is 32.6. The van der Waals surface area contributed by atoms with Crippen molar-refractivity contribution in [2.45, 2.75) is 12.8 Å². The molecule has 23 heteroatoms. The molecular weight excluding hydrogens is 985 g/mol. The first-order chi connectivity index (χ1) is 31.4. The molecule has 336 valence electrons. The van der Waals surface area contributed by atoms with Crippen LogP contribution in [0.1, 0.15) is 43.5 Å². The fourth-order valence-electron chi connectivity index (χ4n) is 7.20. The first-order valence-corrected chi connectivity index (χ1v) is 18.3. The van der Waals surface area contributed by atoms with Gasteiger partial charge in [0.2, 0.25) is 17.5 Å². The van der Waals surface area contributed by atoms with Crippen molar-refractivity contribution in [3.05, 3.63) is 164 Å². The van der Waals surface area contributed by atoms with Gasteiger partial charge in [0.15, 0.2) is 69.8 Å². The number of aromatic nitrogens is 5. The number of pyridine rings is 1. The Morgan fingerprint density at radius 1 is 0.403 bits per heavy atom. The number of carbonyl (C=O) groups is 2. The third-order valence-corrected chi connectivity index (χ3v) is 10.1. The number of hydrogen-bond acceptors (Lipinski definition) is 4. The summed E-state index contributed by atoms with van der Waals surface area (Å²) in [7, 11) is 0. The molecule has 0 N–H and O–H groups in total. The summed E-state index contributed by atoms with van der Waals surface area (Å²) in [4.78, 5) is 44.8. The number of aldehydes is 2. The van der Waals surface area contributed by atoms with Gasteiger partial charge >= 0.3 is 19.8 Å². The van der Waals surface area contributed by atoms with E-state index in [1.807, 2.05) is 18.2 Å². The van der Waals surface area contributed by atoms with E-state index >= 15 is 26.3 Å². The Morgan fingerprint density at radius 2 is 0.731 bits per heavy atom. The second-order valence-electron chi connectivity index (χ2n) is 13.8. The molecule has 8 bridgehead atoms.